The number of carbonyl (C=O) groups is 3. The fraction of sp³-hybridized carbons (Fsp3) is 0.686. The van der Waals surface area contributed by atoms with Gasteiger partial charge in [-0.3, -0.25) is 19.2 Å². The Morgan fingerprint density at radius 3 is 2.50 bits per heavy atom. The number of amides is 1. The van der Waals surface area contributed by atoms with Crippen molar-refractivity contribution in [1.29, 1.82) is 0 Å². The highest BCUT2D eigenvalue weighted by atomic mass is 16.8. The zero-order valence-corrected chi connectivity index (χ0v) is 29.2. The van der Waals surface area contributed by atoms with E-state index in [1.807, 2.05) is 24.3 Å². The Morgan fingerprint density at radius 2 is 1.81 bits per heavy atom. The van der Waals surface area contributed by atoms with Crippen molar-refractivity contribution in [1.82, 2.24) is 10.4 Å². The second kappa shape index (κ2) is 15.7. The van der Waals surface area contributed by atoms with Gasteiger partial charge < -0.3 is 59.3 Å². The molecule has 4 aliphatic heterocycles. The molecule has 5 fully saturated rings. The molecule has 0 aromatic heterocycles. The van der Waals surface area contributed by atoms with Gasteiger partial charge in [0.2, 0.25) is 5.91 Å². The lowest BCUT2D eigenvalue weighted by Gasteiger charge is -2.49. The van der Waals surface area contributed by atoms with Crippen molar-refractivity contribution in [2.45, 2.75) is 119 Å². The third-order valence-corrected chi connectivity index (χ3v) is 10.0. The van der Waals surface area contributed by atoms with E-state index >= 15 is 0 Å². The smallest absolute Gasteiger partial charge is 0.327 e. The van der Waals surface area contributed by atoms with E-state index in [0.29, 0.717) is 0 Å². The number of nitrogens with zero attached hydrogens (tertiary/aromatic N) is 1. The van der Waals surface area contributed by atoms with Crippen LogP contribution in [0.4, 0.5) is 0 Å². The van der Waals surface area contributed by atoms with Crippen LogP contribution in [0.5, 0.6) is 0 Å². The lowest BCUT2D eigenvalue weighted by molar-refractivity contribution is -0.298. The van der Waals surface area contributed by atoms with Gasteiger partial charge in [0, 0.05) is 12.8 Å². The molecular weight excluding hydrogens is 688 g/mol. The number of rotatable bonds is 13. The van der Waals surface area contributed by atoms with Crippen LogP contribution in [0.25, 0.3) is 6.08 Å². The largest absolute Gasteiger partial charge is 0.460 e. The van der Waals surface area contributed by atoms with E-state index in [2.05, 4.69) is 5.32 Å². The molecule has 0 spiro atoms. The first kappa shape index (κ1) is 38.6. The molecule has 5 aliphatic rings. The maximum absolute atomic E-state index is 14.3. The fourth-order valence-corrected chi connectivity index (χ4v) is 7.50. The molecule has 12 atom stereocenters. The Kier molecular flexibility index (Phi) is 11.7. The van der Waals surface area contributed by atoms with Crippen LogP contribution >= 0.6 is 0 Å². The van der Waals surface area contributed by atoms with Gasteiger partial charge in [-0.05, 0) is 38.3 Å². The molecule has 12 unspecified atom stereocenters. The van der Waals surface area contributed by atoms with Crippen molar-refractivity contribution < 1.29 is 73.2 Å². The van der Waals surface area contributed by atoms with Crippen molar-refractivity contribution in [2.24, 2.45) is 5.41 Å². The summed E-state index contributed by atoms with van der Waals surface area (Å²) in [6, 6.07) is 5.36. The molecule has 0 radical (unpaired) electrons. The zero-order chi connectivity index (χ0) is 37.4. The Hall–Kier alpha value is -3.07. The molecule has 2 bridgehead atoms. The fourth-order valence-electron chi connectivity index (χ4n) is 7.50. The van der Waals surface area contributed by atoms with Crippen molar-refractivity contribution >= 4 is 23.9 Å². The van der Waals surface area contributed by atoms with Gasteiger partial charge >= 0.3 is 11.9 Å². The van der Waals surface area contributed by atoms with Gasteiger partial charge in [-0.2, -0.15) is 5.06 Å². The van der Waals surface area contributed by atoms with Crippen LogP contribution in [0, 0.1) is 5.41 Å². The highest BCUT2D eigenvalue weighted by Crippen LogP contribution is 2.55. The number of fused-ring (bicyclic) bond motifs is 4. The molecular formula is C35H48N2O15. The first-order chi connectivity index (χ1) is 24.7. The minimum absolute atomic E-state index is 0.00549. The number of hydrogen-bond acceptors (Lipinski definition) is 16. The third kappa shape index (κ3) is 7.76. The van der Waals surface area contributed by atoms with Crippen molar-refractivity contribution in [3.05, 3.63) is 41.5 Å². The lowest BCUT2D eigenvalue weighted by atomic mass is 9.62. The summed E-state index contributed by atoms with van der Waals surface area (Å²) in [5.41, 5.74) is -0.574. The summed E-state index contributed by atoms with van der Waals surface area (Å²) in [4.78, 5) is 46.7. The first-order valence-electron chi connectivity index (χ1n) is 17.4. The van der Waals surface area contributed by atoms with E-state index in [1.165, 1.54) is 5.06 Å². The van der Waals surface area contributed by atoms with E-state index in [-0.39, 0.29) is 39.2 Å². The number of carbonyl (C=O) groups excluding carboxylic acids is 3. The van der Waals surface area contributed by atoms with E-state index in [0.717, 1.165) is 11.1 Å². The standard InChI is InChI=1S/C35H48N2O15/c1-34(2,3)51-23(40)11-10-20(15-38)36-33(45)35-13-21-27-28(48-17-47-27)30(35)52-37(29(35)31(44)49-21)14-19-8-6-18(7-9-19)5-4-12-46-32-26(43)25(42)24(41)22(16-39)50-32/h4-9,20-22,24-30,32,38-39,41-43H,10-17H2,1-3H3,(H,36,45). The van der Waals surface area contributed by atoms with Crippen molar-refractivity contribution in [3.8, 4) is 0 Å². The molecule has 17 nitrogen and oxygen atoms in total. The zero-order valence-electron chi connectivity index (χ0n) is 29.2. The van der Waals surface area contributed by atoms with Crippen molar-refractivity contribution in [3.63, 3.8) is 0 Å². The summed E-state index contributed by atoms with van der Waals surface area (Å²) in [5.74, 6) is -1.62. The van der Waals surface area contributed by atoms with Crippen LogP contribution in [0.1, 0.15) is 51.2 Å². The Balaban J connectivity index is 1.12. The molecule has 1 aliphatic carbocycles. The highest BCUT2D eigenvalue weighted by molar-refractivity contribution is 5.93. The number of nitrogens with one attached hydrogen (secondary N) is 1. The molecule has 6 N–H and O–H groups in total. The number of ether oxygens (including phenoxy) is 6. The van der Waals surface area contributed by atoms with Gasteiger partial charge in [-0.25, -0.2) is 0 Å². The molecule has 17 heteroatoms. The molecule has 1 amide bonds. The van der Waals surface area contributed by atoms with E-state index in [9.17, 15) is 39.9 Å². The summed E-state index contributed by atoms with van der Waals surface area (Å²) >= 11 is 0. The molecule has 52 heavy (non-hydrogen) atoms. The Bertz CT molecular complexity index is 1470. The van der Waals surface area contributed by atoms with Crippen molar-refractivity contribution in [2.75, 3.05) is 26.6 Å². The number of hydroxylamine groups is 2. The average Bonchev–Trinajstić information content (AvgIpc) is 3.73. The Morgan fingerprint density at radius 1 is 1.08 bits per heavy atom. The van der Waals surface area contributed by atoms with Crippen LogP contribution in [-0.2, 0) is 54.2 Å². The average molecular weight is 737 g/mol. The van der Waals surface area contributed by atoms with Crippen LogP contribution < -0.4 is 5.32 Å². The van der Waals surface area contributed by atoms with E-state index in [1.54, 1.807) is 32.9 Å². The number of aliphatic hydroxyl groups excluding tert-OH is 5. The molecule has 1 saturated carbocycles. The number of benzene rings is 1. The minimum atomic E-state index is -1.54. The topological polar surface area (TPSA) is 232 Å². The second-order valence-electron chi connectivity index (χ2n) is 14.8. The predicted molar refractivity (Wildman–Crippen MR) is 175 cm³/mol. The van der Waals surface area contributed by atoms with E-state index in [4.69, 9.17) is 33.3 Å². The van der Waals surface area contributed by atoms with Gasteiger partial charge in [0.25, 0.3) is 0 Å². The monoisotopic (exact) mass is 736 g/mol. The summed E-state index contributed by atoms with van der Waals surface area (Å²) in [6.07, 6.45) is -6.18. The first-order valence-corrected chi connectivity index (χ1v) is 17.4. The normalized spacial score (nSPS) is 36.3. The quantitative estimate of drug-likeness (QED) is 0.129. The summed E-state index contributed by atoms with van der Waals surface area (Å²) in [5, 5.41) is 53.8. The molecule has 1 aromatic rings. The van der Waals surface area contributed by atoms with Gasteiger partial charge in [0.1, 0.15) is 66.6 Å². The maximum Gasteiger partial charge on any atom is 0.327 e. The maximum atomic E-state index is 14.3. The van der Waals surface area contributed by atoms with Gasteiger partial charge in [-0.15, -0.1) is 0 Å². The van der Waals surface area contributed by atoms with Crippen LogP contribution in [0.15, 0.2) is 30.3 Å². The van der Waals surface area contributed by atoms with Crippen LogP contribution in [0.2, 0.25) is 0 Å². The predicted octanol–water partition coefficient (Wildman–Crippen LogP) is -1.34. The summed E-state index contributed by atoms with van der Waals surface area (Å²) in [6.45, 7) is 4.31. The van der Waals surface area contributed by atoms with Crippen LogP contribution in [0.3, 0.4) is 0 Å². The number of esters is 2. The highest BCUT2D eigenvalue weighted by Gasteiger charge is 2.74. The minimum Gasteiger partial charge on any atom is -0.460 e. The van der Waals surface area contributed by atoms with Crippen LogP contribution in [-0.4, -0.2) is 148 Å². The molecule has 4 saturated heterocycles. The summed E-state index contributed by atoms with van der Waals surface area (Å²) < 4.78 is 33.7. The molecule has 4 heterocycles. The number of aliphatic hydroxyl groups is 5. The van der Waals surface area contributed by atoms with Gasteiger partial charge in [0.05, 0.1) is 32.4 Å². The molecule has 288 valence electrons. The van der Waals surface area contributed by atoms with E-state index < -0.39 is 109 Å². The molecule has 6 rings (SSSR count). The Labute approximate surface area is 300 Å². The van der Waals surface area contributed by atoms with Gasteiger partial charge in [0.15, 0.2) is 12.3 Å². The molecule has 1 aromatic carbocycles. The third-order valence-electron chi connectivity index (χ3n) is 10.0. The summed E-state index contributed by atoms with van der Waals surface area (Å²) in [7, 11) is 0. The number of hydrogen-bond donors (Lipinski definition) is 6. The lowest BCUT2D eigenvalue weighted by Crippen LogP contribution is -2.70. The van der Waals surface area contributed by atoms with Gasteiger partial charge in [-0.1, -0.05) is 36.4 Å². The SMILES string of the molecule is CC(C)(C)OC(=O)CCC(CO)NC(=O)C12CC3OC(=O)C1N(Cc1ccc(C=CCOC4OC(CO)C(O)C(O)C4O)cc1)OC2C1OCOC31. The second-order valence-corrected chi connectivity index (χ2v) is 14.8.